The van der Waals surface area contributed by atoms with Gasteiger partial charge >= 0.3 is 12.1 Å². The fourth-order valence-electron chi connectivity index (χ4n) is 3.08. The Morgan fingerprint density at radius 3 is 2.29 bits per heavy atom. The molecule has 1 amide bonds. The molecular weight excluding hydrogens is 375 g/mol. The Morgan fingerprint density at radius 2 is 1.71 bits per heavy atom. The van der Waals surface area contributed by atoms with Crippen molar-refractivity contribution in [2.24, 2.45) is 0 Å². The van der Waals surface area contributed by atoms with Gasteiger partial charge < -0.3 is 14.9 Å². The Hall–Kier alpha value is -3.10. The number of aromatic nitrogens is 1. The zero-order valence-corrected chi connectivity index (χ0v) is 14.8. The average molecular weight is 393 g/mol. The van der Waals surface area contributed by atoms with Crippen LogP contribution >= 0.6 is 0 Å². The number of benzene rings is 1. The van der Waals surface area contributed by atoms with Gasteiger partial charge in [-0.2, -0.15) is 13.2 Å². The topological polar surface area (TPSA) is 73.7 Å². The van der Waals surface area contributed by atoms with Gasteiger partial charge in [-0.05, 0) is 23.8 Å². The zero-order chi connectivity index (χ0) is 20.3. The molecule has 6 nitrogen and oxygen atoms in total. The standard InChI is InChI=1S/C19H18F3N3O3/c20-19(21,22)14-5-6-16(23-12-14)24-7-9-25(10-8-24)17(26)11-13-3-1-2-4-15(13)18(27)28/h1-6,12H,7-11H2,(H,27,28). The lowest BCUT2D eigenvalue weighted by atomic mass is 10.0. The summed E-state index contributed by atoms with van der Waals surface area (Å²) >= 11 is 0. The zero-order valence-electron chi connectivity index (χ0n) is 14.8. The van der Waals surface area contributed by atoms with Crippen LogP contribution in [0.15, 0.2) is 42.6 Å². The van der Waals surface area contributed by atoms with E-state index < -0.39 is 17.7 Å². The molecule has 148 valence electrons. The van der Waals surface area contributed by atoms with E-state index in [1.165, 1.54) is 12.1 Å². The van der Waals surface area contributed by atoms with Crippen LogP contribution in [0, 0.1) is 0 Å². The summed E-state index contributed by atoms with van der Waals surface area (Å²) in [5.74, 6) is -0.841. The predicted molar refractivity (Wildman–Crippen MR) is 95.1 cm³/mol. The van der Waals surface area contributed by atoms with Crippen molar-refractivity contribution in [2.45, 2.75) is 12.6 Å². The number of anilines is 1. The molecule has 0 aliphatic carbocycles. The number of carboxylic acids is 1. The van der Waals surface area contributed by atoms with Crippen LogP contribution in [0.3, 0.4) is 0 Å². The molecule has 1 fully saturated rings. The van der Waals surface area contributed by atoms with Crippen molar-refractivity contribution in [3.8, 4) is 0 Å². The molecule has 2 aromatic rings. The first-order chi connectivity index (χ1) is 13.3. The van der Waals surface area contributed by atoms with E-state index in [1.54, 1.807) is 23.1 Å². The van der Waals surface area contributed by atoms with Gasteiger partial charge in [0.2, 0.25) is 5.91 Å². The van der Waals surface area contributed by atoms with Crippen molar-refractivity contribution >= 4 is 17.7 Å². The average Bonchev–Trinajstić information content (AvgIpc) is 2.68. The SMILES string of the molecule is O=C(O)c1ccccc1CC(=O)N1CCN(c2ccc(C(F)(F)F)cn2)CC1. The van der Waals surface area contributed by atoms with Crippen LogP contribution in [0.5, 0.6) is 0 Å². The number of alkyl halides is 3. The maximum Gasteiger partial charge on any atom is 0.417 e. The van der Waals surface area contributed by atoms with Gasteiger partial charge in [0, 0.05) is 32.4 Å². The normalized spacial score (nSPS) is 14.8. The van der Waals surface area contributed by atoms with Crippen molar-refractivity contribution in [3.05, 3.63) is 59.3 Å². The van der Waals surface area contributed by atoms with Gasteiger partial charge in [-0.3, -0.25) is 4.79 Å². The summed E-state index contributed by atoms with van der Waals surface area (Å²) in [4.78, 5) is 31.1. The molecule has 0 bridgehead atoms. The Kier molecular flexibility index (Phi) is 5.53. The van der Waals surface area contributed by atoms with E-state index in [0.717, 1.165) is 12.3 Å². The summed E-state index contributed by atoms with van der Waals surface area (Å²) in [6.45, 7) is 1.64. The van der Waals surface area contributed by atoms with Crippen LogP contribution in [0.2, 0.25) is 0 Å². The van der Waals surface area contributed by atoms with E-state index in [0.29, 0.717) is 37.6 Å². The molecule has 3 rings (SSSR count). The molecule has 1 saturated heterocycles. The van der Waals surface area contributed by atoms with Crippen molar-refractivity contribution in [2.75, 3.05) is 31.1 Å². The summed E-state index contributed by atoms with van der Waals surface area (Å²) in [6.07, 6.45) is -3.64. The number of piperazine rings is 1. The molecule has 0 atom stereocenters. The first kappa shape index (κ1) is 19.7. The highest BCUT2D eigenvalue weighted by atomic mass is 19.4. The second-order valence-electron chi connectivity index (χ2n) is 6.41. The van der Waals surface area contributed by atoms with Gasteiger partial charge in [-0.15, -0.1) is 0 Å². The van der Waals surface area contributed by atoms with Crippen molar-refractivity contribution in [1.29, 1.82) is 0 Å². The van der Waals surface area contributed by atoms with E-state index in [1.807, 2.05) is 4.90 Å². The highest BCUT2D eigenvalue weighted by Gasteiger charge is 2.31. The minimum absolute atomic E-state index is 0.0129. The minimum Gasteiger partial charge on any atom is -0.478 e. The maximum absolute atomic E-state index is 12.6. The molecule has 1 aromatic carbocycles. The Labute approximate surface area is 159 Å². The van der Waals surface area contributed by atoms with Crippen LogP contribution in [0.25, 0.3) is 0 Å². The lowest BCUT2D eigenvalue weighted by Gasteiger charge is -2.35. The number of hydrogen-bond donors (Lipinski definition) is 1. The third kappa shape index (κ3) is 4.41. The van der Waals surface area contributed by atoms with Gasteiger partial charge in [0.05, 0.1) is 17.5 Å². The van der Waals surface area contributed by atoms with E-state index in [4.69, 9.17) is 0 Å². The van der Waals surface area contributed by atoms with E-state index in [-0.39, 0.29) is 17.9 Å². The minimum atomic E-state index is -4.43. The van der Waals surface area contributed by atoms with Crippen molar-refractivity contribution < 1.29 is 27.9 Å². The van der Waals surface area contributed by atoms with Gasteiger partial charge in [0.15, 0.2) is 0 Å². The van der Waals surface area contributed by atoms with Gasteiger partial charge in [-0.25, -0.2) is 9.78 Å². The van der Waals surface area contributed by atoms with E-state index >= 15 is 0 Å². The molecule has 1 N–H and O–H groups in total. The molecule has 28 heavy (non-hydrogen) atoms. The number of amides is 1. The first-order valence-electron chi connectivity index (χ1n) is 8.63. The summed E-state index contributed by atoms with van der Waals surface area (Å²) in [5.41, 5.74) is -0.252. The van der Waals surface area contributed by atoms with Gasteiger partial charge in [-0.1, -0.05) is 18.2 Å². The number of rotatable bonds is 4. The Balaban J connectivity index is 1.59. The lowest BCUT2D eigenvalue weighted by molar-refractivity contribution is -0.137. The molecule has 0 radical (unpaired) electrons. The number of pyridine rings is 1. The lowest BCUT2D eigenvalue weighted by Crippen LogP contribution is -2.49. The van der Waals surface area contributed by atoms with E-state index in [9.17, 15) is 27.9 Å². The number of aromatic carboxylic acids is 1. The van der Waals surface area contributed by atoms with Crippen LogP contribution in [0.4, 0.5) is 19.0 Å². The quantitative estimate of drug-likeness (QED) is 0.865. The number of carbonyl (C=O) groups is 2. The summed E-state index contributed by atoms with van der Waals surface area (Å²) < 4.78 is 37.9. The smallest absolute Gasteiger partial charge is 0.417 e. The van der Waals surface area contributed by atoms with Gasteiger partial charge in [0.1, 0.15) is 5.82 Å². The van der Waals surface area contributed by atoms with Crippen molar-refractivity contribution in [1.82, 2.24) is 9.88 Å². The molecule has 9 heteroatoms. The first-order valence-corrected chi connectivity index (χ1v) is 8.63. The summed E-state index contributed by atoms with van der Waals surface area (Å²) in [6, 6.07) is 8.67. The predicted octanol–water partition coefficient (Wildman–Crippen LogP) is 2.69. The van der Waals surface area contributed by atoms with Crippen LogP contribution < -0.4 is 4.90 Å². The number of nitrogens with zero attached hydrogens (tertiary/aromatic N) is 3. The molecule has 0 saturated carbocycles. The second kappa shape index (κ2) is 7.87. The largest absolute Gasteiger partial charge is 0.478 e. The molecule has 1 aliphatic rings. The fourth-order valence-corrected chi connectivity index (χ4v) is 3.08. The Morgan fingerprint density at radius 1 is 1.04 bits per heavy atom. The molecule has 1 aromatic heterocycles. The van der Waals surface area contributed by atoms with Gasteiger partial charge in [0.25, 0.3) is 0 Å². The van der Waals surface area contributed by atoms with Crippen LogP contribution in [-0.4, -0.2) is 53.0 Å². The van der Waals surface area contributed by atoms with Crippen LogP contribution in [-0.2, 0) is 17.4 Å². The number of carbonyl (C=O) groups excluding carboxylic acids is 1. The monoisotopic (exact) mass is 393 g/mol. The Bertz CT molecular complexity index is 861. The fraction of sp³-hybridized carbons (Fsp3) is 0.316. The number of carboxylic acid groups (broad SMARTS) is 1. The third-order valence-corrected chi connectivity index (χ3v) is 4.62. The highest BCUT2D eigenvalue weighted by Crippen LogP contribution is 2.29. The number of hydrogen-bond acceptors (Lipinski definition) is 4. The van der Waals surface area contributed by atoms with E-state index in [2.05, 4.69) is 4.98 Å². The second-order valence-corrected chi connectivity index (χ2v) is 6.41. The summed E-state index contributed by atoms with van der Waals surface area (Å²) in [5, 5.41) is 9.21. The number of halogens is 3. The van der Waals surface area contributed by atoms with Crippen molar-refractivity contribution in [3.63, 3.8) is 0 Å². The molecule has 0 spiro atoms. The van der Waals surface area contributed by atoms with Crippen LogP contribution in [0.1, 0.15) is 21.5 Å². The molecular formula is C19H18F3N3O3. The molecule has 2 heterocycles. The molecule has 0 unspecified atom stereocenters. The maximum atomic E-state index is 12.6. The highest BCUT2D eigenvalue weighted by molar-refractivity contribution is 5.91. The molecule has 1 aliphatic heterocycles. The third-order valence-electron chi connectivity index (χ3n) is 4.62. The summed E-state index contributed by atoms with van der Waals surface area (Å²) in [7, 11) is 0.